The van der Waals surface area contributed by atoms with Gasteiger partial charge in [0, 0.05) is 6.42 Å². The van der Waals surface area contributed by atoms with Crippen molar-refractivity contribution < 1.29 is 14.3 Å². The molecular formula is C14H24O3. The Kier molecular flexibility index (Phi) is 5.16. The van der Waals surface area contributed by atoms with Crippen molar-refractivity contribution in [2.75, 3.05) is 6.61 Å². The van der Waals surface area contributed by atoms with Gasteiger partial charge in [-0.25, -0.2) is 0 Å². The fourth-order valence-electron chi connectivity index (χ4n) is 2.59. The molecule has 3 nitrogen and oxygen atoms in total. The van der Waals surface area contributed by atoms with Gasteiger partial charge in [0.1, 0.15) is 11.2 Å². The van der Waals surface area contributed by atoms with Crippen LogP contribution in [-0.4, -0.2) is 18.4 Å². The third-order valence-corrected chi connectivity index (χ3v) is 3.50. The van der Waals surface area contributed by atoms with Crippen molar-refractivity contribution in [3.05, 3.63) is 0 Å². The van der Waals surface area contributed by atoms with Crippen LogP contribution in [0.1, 0.15) is 59.3 Å². The molecule has 0 heterocycles. The molecule has 1 aliphatic rings. The normalized spacial score (nSPS) is 19.1. The van der Waals surface area contributed by atoms with Crippen LogP contribution in [0.25, 0.3) is 0 Å². The Morgan fingerprint density at radius 1 is 1.18 bits per heavy atom. The van der Waals surface area contributed by atoms with E-state index in [1.165, 1.54) is 0 Å². The molecule has 98 valence electrons. The van der Waals surface area contributed by atoms with E-state index < -0.39 is 5.41 Å². The largest absolute Gasteiger partial charge is 0.465 e. The van der Waals surface area contributed by atoms with E-state index in [1.807, 2.05) is 13.8 Å². The molecule has 3 heteroatoms. The van der Waals surface area contributed by atoms with Crippen molar-refractivity contribution in [2.24, 2.45) is 11.3 Å². The first-order valence-electron chi connectivity index (χ1n) is 6.73. The van der Waals surface area contributed by atoms with Gasteiger partial charge >= 0.3 is 5.97 Å². The molecule has 0 bridgehead atoms. The van der Waals surface area contributed by atoms with Gasteiger partial charge in [-0.05, 0) is 25.7 Å². The highest BCUT2D eigenvalue weighted by Crippen LogP contribution is 2.39. The third kappa shape index (κ3) is 3.30. The molecule has 17 heavy (non-hydrogen) atoms. The monoisotopic (exact) mass is 240 g/mol. The third-order valence-electron chi connectivity index (χ3n) is 3.50. The van der Waals surface area contributed by atoms with Gasteiger partial charge in [0.15, 0.2) is 0 Å². The lowest BCUT2D eigenvalue weighted by atomic mass is 9.69. The number of ether oxygens (including phenoxy) is 1. The molecule has 0 aromatic rings. The minimum atomic E-state index is -0.821. The Hall–Kier alpha value is -0.860. The zero-order valence-electron chi connectivity index (χ0n) is 11.3. The first-order chi connectivity index (χ1) is 8.03. The van der Waals surface area contributed by atoms with Gasteiger partial charge in [-0.2, -0.15) is 0 Å². The van der Waals surface area contributed by atoms with Crippen LogP contribution in [0.3, 0.4) is 0 Å². The van der Waals surface area contributed by atoms with Crippen molar-refractivity contribution >= 4 is 11.8 Å². The summed E-state index contributed by atoms with van der Waals surface area (Å²) in [7, 11) is 0. The SMILES string of the molecule is CCOC(=O)C1(C(=O)CC(C)C)CCCCC1. The van der Waals surface area contributed by atoms with E-state index in [4.69, 9.17) is 4.74 Å². The zero-order valence-corrected chi connectivity index (χ0v) is 11.3. The van der Waals surface area contributed by atoms with Crippen molar-refractivity contribution in [3.63, 3.8) is 0 Å². The van der Waals surface area contributed by atoms with Crippen LogP contribution < -0.4 is 0 Å². The van der Waals surface area contributed by atoms with Crippen LogP contribution in [0, 0.1) is 11.3 Å². The van der Waals surface area contributed by atoms with Gasteiger partial charge in [-0.15, -0.1) is 0 Å². The fourth-order valence-corrected chi connectivity index (χ4v) is 2.59. The number of carbonyl (C=O) groups excluding carboxylic acids is 2. The number of hydrogen-bond donors (Lipinski definition) is 0. The minimum Gasteiger partial charge on any atom is -0.465 e. The summed E-state index contributed by atoms with van der Waals surface area (Å²) >= 11 is 0. The van der Waals surface area contributed by atoms with Gasteiger partial charge in [-0.3, -0.25) is 9.59 Å². The van der Waals surface area contributed by atoms with Gasteiger partial charge < -0.3 is 4.74 Å². The van der Waals surface area contributed by atoms with Crippen LogP contribution in [0.4, 0.5) is 0 Å². The maximum atomic E-state index is 12.3. The summed E-state index contributed by atoms with van der Waals surface area (Å²) in [5.74, 6) is 0.103. The van der Waals surface area contributed by atoms with Crippen LogP contribution in [-0.2, 0) is 14.3 Å². The smallest absolute Gasteiger partial charge is 0.319 e. The molecule has 1 rings (SSSR count). The molecule has 1 aliphatic carbocycles. The van der Waals surface area contributed by atoms with E-state index >= 15 is 0 Å². The Balaban J connectivity index is 2.84. The summed E-state index contributed by atoms with van der Waals surface area (Å²) in [4.78, 5) is 24.4. The topological polar surface area (TPSA) is 43.4 Å². The molecule has 0 radical (unpaired) electrons. The maximum Gasteiger partial charge on any atom is 0.319 e. The first-order valence-corrected chi connectivity index (χ1v) is 6.73. The maximum absolute atomic E-state index is 12.3. The number of rotatable bonds is 5. The molecule has 0 spiro atoms. The minimum absolute atomic E-state index is 0.0886. The molecule has 0 atom stereocenters. The second-order valence-corrected chi connectivity index (χ2v) is 5.38. The molecular weight excluding hydrogens is 216 g/mol. The summed E-state index contributed by atoms with van der Waals surface area (Å²) in [5, 5.41) is 0. The number of hydrogen-bond acceptors (Lipinski definition) is 3. The molecule has 1 fully saturated rings. The van der Waals surface area contributed by atoms with Crippen molar-refractivity contribution in [1.29, 1.82) is 0 Å². The summed E-state index contributed by atoms with van der Waals surface area (Å²) in [6.07, 6.45) is 4.88. The zero-order chi connectivity index (χ0) is 12.9. The van der Waals surface area contributed by atoms with E-state index in [2.05, 4.69) is 0 Å². The summed E-state index contributed by atoms with van der Waals surface area (Å²) in [6, 6.07) is 0. The lowest BCUT2D eigenvalue weighted by Crippen LogP contribution is -2.42. The standard InChI is InChI=1S/C14H24O3/c1-4-17-13(16)14(8-6-5-7-9-14)12(15)10-11(2)3/h11H,4-10H2,1-3H3. The molecule has 0 aromatic heterocycles. The molecule has 0 saturated heterocycles. The van der Waals surface area contributed by atoms with E-state index in [9.17, 15) is 9.59 Å². The van der Waals surface area contributed by atoms with Gasteiger partial charge in [0.25, 0.3) is 0 Å². The Bertz CT molecular complexity index is 275. The Morgan fingerprint density at radius 2 is 1.76 bits per heavy atom. The predicted molar refractivity (Wildman–Crippen MR) is 66.6 cm³/mol. The molecule has 0 aromatic carbocycles. The second-order valence-electron chi connectivity index (χ2n) is 5.38. The predicted octanol–water partition coefficient (Wildman–Crippen LogP) is 3.12. The van der Waals surface area contributed by atoms with Gasteiger partial charge in [0.2, 0.25) is 0 Å². The van der Waals surface area contributed by atoms with E-state index in [0.29, 0.717) is 31.8 Å². The molecule has 0 aliphatic heterocycles. The quantitative estimate of drug-likeness (QED) is 0.548. The molecule has 1 saturated carbocycles. The summed E-state index contributed by atoms with van der Waals surface area (Å²) < 4.78 is 5.13. The van der Waals surface area contributed by atoms with Crippen LogP contribution in [0.15, 0.2) is 0 Å². The number of carbonyl (C=O) groups is 2. The lowest BCUT2D eigenvalue weighted by molar-refractivity contribution is -0.162. The lowest BCUT2D eigenvalue weighted by Gasteiger charge is -2.33. The van der Waals surface area contributed by atoms with E-state index in [0.717, 1.165) is 19.3 Å². The van der Waals surface area contributed by atoms with Gasteiger partial charge in [-0.1, -0.05) is 33.1 Å². The Labute approximate surface area is 104 Å². The van der Waals surface area contributed by atoms with E-state index in [1.54, 1.807) is 6.92 Å². The molecule has 0 unspecified atom stereocenters. The first kappa shape index (κ1) is 14.2. The molecule has 0 N–H and O–H groups in total. The fraction of sp³-hybridized carbons (Fsp3) is 0.857. The van der Waals surface area contributed by atoms with Crippen LogP contribution >= 0.6 is 0 Å². The number of ketones is 1. The van der Waals surface area contributed by atoms with Crippen LogP contribution in [0.5, 0.6) is 0 Å². The van der Waals surface area contributed by atoms with E-state index in [-0.39, 0.29) is 11.8 Å². The number of esters is 1. The van der Waals surface area contributed by atoms with Crippen LogP contribution in [0.2, 0.25) is 0 Å². The number of Topliss-reactive ketones (excluding diaryl/α,β-unsaturated/α-hetero) is 1. The summed E-state index contributed by atoms with van der Waals surface area (Å²) in [5.41, 5.74) is -0.821. The van der Waals surface area contributed by atoms with Crippen molar-refractivity contribution in [2.45, 2.75) is 59.3 Å². The summed E-state index contributed by atoms with van der Waals surface area (Å²) in [6.45, 7) is 6.18. The highest BCUT2D eigenvalue weighted by molar-refractivity contribution is 6.04. The van der Waals surface area contributed by atoms with Crippen molar-refractivity contribution in [3.8, 4) is 0 Å². The van der Waals surface area contributed by atoms with Crippen molar-refractivity contribution in [1.82, 2.24) is 0 Å². The highest BCUT2D eigenvalue weighted by atomic mass is 16.5. The average Bonchev–Trinajstić information content (AvgIpc) is 2.29. The second kappa shape index (κ2) is 6.18. The highest BCUT2D eigenvalue weighted by Gasteiger charge is 2.46. The average molecular weight is 240 g/mol. The van der Waals surface area contributed by atoms with Gasteiger partial charge in [0.05, 0.1) is 6.61 Å². The Morgan fingerprint density at radius 3 is 2.24 bits per heavy atom. The molecule has 0 amide bonds.